The molecule has 4 aromatic rings. The number of hydrogen-bond acceptors (Lipinski definition) is 7. The van der Waals surface area contributed by atoms with Crippen molar-refractivity contribution < 1.29 is 9.47 Å². The van der Waals surface area contributed by atoms with E-state index < -0.39 is 0 Å². The first-order chi connectivity index (χ1) is 19.6. The number of nitrogens with zero attached hydrogens (tertiary/aromatic N) is 3. The SMILES string of the molecule is CN(C)c1nc(N[C@H]2CC[C@@H](NCC(COCc3ccccc3)OCc3ccccc3)CC2)nc2ccccc12. The first kappa shape index (κ1) is 28.0. The lowest BCUT2D eigenvalue weighted by molar-refractivity contribution is -0.0299. The fourth-order valence-electron chi connectivity index (χ4n) is 5.22. The second-order valence-corrected chi connectivity index (χ2v) is 10.8. The minimum Gasteiger partial charge on any atom is -0.374 e. The largest absolute Gasteiger partial charge is 0.374 e. The molecular formula is C33H41N5O2. The van der Waals surface area contributed by atoms with E-state index in [0.717, 1.165) is 48.9 Å². The van der Waals surface area contributed by atoms with Gasteiger partial charge in [-0.15, -0.1) is 0 Å². The van der Waals surface area contributed by atoms with Gasteiger partial charge in [0.2, 0.25) is 5.95 Å². The highest BCUT2D eigenvalue weighted by Gasteiger charge is 2.23. The van der Waals surface area contributed by atoms with E-state index in [-0.39, 0.29) is 6.10 Å². The molecular weight excluding hydrogens is 498 g/mol. The van der Waals surface area contributed by atoms with Crippen LogP contribution in [0.5, 0.6) is 0 Å². The monoisotopic (exact) mass is 539 g/mol. The molecule has 0 saturated heterocycles. The van der Waals surface area contributed by atoms with Crippen LogP contribution in [0.1, 0.15) is 36.8 Å². The number of nitrogens with one attached hydrogen (secondary N) is 2. The summed E-state index contributed by atoms with van der Waals surface area (Å²) >= 11 is 0. The predicted molar refractivity (Wildman–Crippen MR) is 163 cm³/mol. The summed E-state index contributed by atoms with van der Waals surface area (Å²) in [5, 5.41) is 8.45. The van der Waals surface area contributed by atoms with E-state index in [1.807, 2.05) is 50.5 Å². The maximum absolute atomic E-state index is 6.30. The number of rotatable bonds is 13. The van der Waals surface area contributed by atoms with Crippen LogP contribution in [0.4, 0.5) is 11.8 Å². The van der Waals surface area contributed by atoms with Crippen molar-refractivity contribution in [1.82, 2.24) is 15.3 Å². The van der Waals surface area contributed by atoms with Crippen molar-refractivity contribution in [3.05, 3.63) is 96.1 Å². The Morgan fingerprint density at radius 2 is 1.40 bits per heavy atom. The normalized spacial score (nSPS) is 17.9. The lowest BCUT2D eigenvalue weighted by Crippen LogP contribution is -2.42. The molecule has 3 aromatic carbocycles. The molecule has 1 fully saturated rings. The van der Waals surface area contributed by atoms with Crippen molar-refractivity contribution in [2.75, 3.05) is 37.5 Å². The van der Waals surface area contributed by atoms with E-state index in [1.165, 1.54) is 11.1 Å². The van der Waals surface area contributed by atoms with Crippen LogP contribution in [0, 0.1) is 0 Å². The minimum atomic E-state index is -0.0183. The second kappa shape index (κ2) is 14.2. The fraction of sp³-hybridized carbons (Fsp3) is 0.394. The van der Waals surface area contributed by atoms with E-state index in [9.17, 15) is 0 Å². The zero-order valence-corrected chi connectivity index (χ0v) is 23.6. The van der Waals surface area contributed by atoms with Crippen LogP contribution in [0.25, 0.3) is 10.9 Å². The van der Waals surface area contributed by atoms with Gasteiger partial charge in [-0.05, 0) is 48.9 Å². The Hall–Kier alpha value is -3.52. The molecule has 2 N–H and O–H groups in total. The summed E-state index contributed by atoms with van der Waals surface area (Å²) in [6.45, 7) is 2.50. The number of benzene rings is 3. The Bertz CT molecular complexity index is 1310. The smallest absolute Gasteiger partial charge is 0.225 e. The highest BCUT2D eigenvalue weighted by Crippen LogP contribution is 2.26. The quantitative estimate of drug-likeness (QED) is 0.222. The van der Waals surface area contributed by atoms with Gasteiger partial charge in [-0.3, -0.25) is 0 Å². The third kappa shape index (κ3) is 8.01. The summed E-state index contributed by atoms with van der Waals surface area (Å²) in [6.07, 6.45) is 4.33. The molecule has 0 amide bonds. The van der Waals surface area contributed by atoms with Crippen LogP contribution in [0.3, 0.4) is 0 Å². The van der Waals surface area contributed by atoms with E-state index in [1.54, 1.807) is 0 Å². The van der Waals surface area contributed by atoms with E-state index in [0.29, 0.717) is 37.9 Å². The molecule has 0 spiro atoms. The summed E-state index contributed by atoms with van der Waals surface area (Å²) in [4.78, 5) is 11.7. The van der Waals surface area contributed by atoms with E-state index >= 15 is 0 Å². The molecule has 210 valence electrons. The van der Waals surface area contributed by atoms with Gasteiger partial charge in [0, 0.05) is 38.1 Å². The Morgan fingerprint density at radius 3 is 2.10 bits per heavy atom. The summed E-state index contributed by atoms with van der Waals surface area (Å²) in [5.41, 5.74) is 3.32. The van der Waals surface area contributed by atoms with Gasteiger partial charge in [-0.1, -0.05) is 72.8 Å². The third-order valence-electron chi connectivity index (χ3n) is 7.45. The summed E-state index contributed by atoms with van der Waals surface area (Å²) in [6, 6.07) is 29.7. The van der Waals surface area contributed by atoms with Crippen molar-refractivity contribution in [3.8, 4) is 0 Å². The van der Waals surface area contributed by atoms with Gasteiger partial charge in [0.15, 0.2) is 0 Å². The molecule has 1 aliphatic carbocycles. The van der Waals surface area contributed by atoms with Crippen LogP contribution in [-0.4, -0.2) is 55.4 Å². The summed E-state index contributed by atoms with van der Waals surface area (Å²) in [5.74, 6) is 1.66. The van der Waals surface area contributed by atoms with Crippen molar-refractivity contribution >= 4 is 22.7 Å². The van der Waals surface area contributed by atoms with Gasteiger partial charge in [-0.2, -0.15) is 4.98 Å². The van der Waals surface area contributed by atoms with Crippen molar-refractivity contribution in [3.63, 3.8) is 0 Å². The summed E-state index contributed by atoms with van der Waals surface area (Å²) in [7, 11) is 4.05. The number of fused-ring (bicyclic) bond motifs is 1. The number of anilines is 2. The van der Waals surface area contributed by atoms with Crippen LogP contribution >= 0.6 is 0 Å². The minimum absolute atomic E-state index is 0.0183. The Kier molecular flexibility index (Phi) is 9.96. The maximum atomic E-state index is 6.30. The molecule has 0 radical (unpaired) electrons. The standard InChI is InChI=1S/C33H41N5O2/c1-38(2)32-30-15-9-10-16-31(30)36-33(37-32)35-28-19-17-27(18-20-28)34-21-29(40-23-26-13-7-4-8-14-26)24-39-22-25-11-5-3-6-12-25/h3-16,27-29,34H,17-24H2,1-2H3,(H,35,36,37)/t27-,28+,29?. The molecule has 1 atom stereocenters. The fourth-order valence-corrected chi connectivity index (χ4v) is 5.22. The Balaban J connectivity index is 1.11. The topological polar surface area (TPSA) is 71.5 Å². The average Bonchev–Trinajstić information content (AvgIpc) is 2.99. The average molecular weight is 540 g/mol. The summed E-state index contributed by atoms with van der Waals surface area (Å²) < 4.78 is 12.4. The van der Waals surface area contributed by atoms with Gasteiger partial charge >= 0.3 is 0 Å². The van der Waals surface area contributed by atoms with Crippen LogP contribution in [0.15, 0.2) is 84.9 Å². The first-order valence-corrected chi connectivity index (χ1v) is 14.4. The molecule has 1 heterocycles. The zero-order valence-electron chi connectivity index (χ0n) is 23.6. The third-order valence-corrected chi connectivity index (χ3v) is 7.45. The van der Waals surface area contributed by atoms with Crippen LogP contribution < -0.4 is 15.5 Å². The predicted octanol–water partition coefficient (Wildman–Crippen LogP) is 5.81. The number of ether oxygens (including phenoxy) is 2. The molecule has 1 saturated carbocycles. The lowest BCUT2D eigenvalue weighted by atomic mass is 9.91. The Morgan fingerprint density at radius 1 is 0.775 bits per heavy atom. The van der Waals surface area contributed by atoms with E-state index in [4.69, 9.17) is 19.4 Å². The highest BCUT2D eigenvalue weighted by molar-refractivity contribution is 5.90. The van der Waals surface area contributed by atoms with Crippen LogP contribution in [0.2, 0.25) is 0 Å². The van der Waals surface area contributed by atoms with Gasteiger partial charge in [0.25, 0.3) is 0 Å². The number of aromatic nitrogens is 2. The highest BCUT2D eigenvalue weighted by atomic mass is 16.5. The van der Waals surface area contributed by atoms with Gasteiger partial charge < -0.3 is 25.0 Å². The molecule has 5 rings (SSSR count). The molecule has 7 heteroatoms. The molecule has 1 aromatic heterocycles. The molecule has 40 heavy (non-hydrogen) atoms. The molecule has 1 unspecified atom stereocenters. The zero-order chi connectivity index (χ0) is 27.6. The lowest BCUT2D eigenvalue weighted by Gasteiger charge is -2.31. The molecule has 0 bridgehead atoms. The van der Waals surface area contributed by atoms with Crippen LogP contribution in [-0.2, 0) is 22.7 Å². The van der Waals surface area contributed by atoms with Crippen molar-refractivity contribution in [1.29, 1.82) is 0 Å². The molecule has 0 aliphatic heterocycles. The first-order valence-electron chi connectivity index (χ1n) is 14.4. The Labute approximate surface area is 237 Å². The van der Waals surface area contributed by atoms with Gasteiger partial charge in [0.1, 0.15) is 5.82 Å². The maximum Gasteiger partial charge on any atom is 0.225 e. The number of para-hydroxylation sites is 1. The van der Waals surface area contributed by atoms with Gasteiger partial charge in [-0.25, -0.2) is 4.98 Å². The van der Waals surface area contributed by atoms with E-state index in [2.05, 4.69) is 64.1 Å². The van der Waals surface area contributed by atoms with Crippen molar-refractivity contribution in [2.24, 2.45) is 0 Å². The molecule has 1 aliphatic rings. The second-order valence-electron chi connectivity index (χ2n) is 10.8. The van der Waals surface area contributed by atoms with Crippen molar-refractivity contribution in [2.45, 2.75) is 57.1 Å². The van der Waals surface area contributed by atoms with Gasteiger partial charge in [0.05, 0.1) is 31.4 Å². The molecule has 7 nitrogen and oxygen atoms in total. The number of hydrogen-bond donors (Lipinski definition) is 2.